The van der Waals surface area contributed by atoms with Gasteiger partial charge in [0, 0.05) is 14.0 Å². The number of ether oxygens (including phenoxy) is 2. The van der Waals surface area contributed by atoms with E-state index >= 15 is 0 Å². The number of sulfonamides is 1. The molecule has 2 N–H and O–H groups in total. The average molecular weight is 433 g/mol. The summed E-state index contributed by atoms with van der Waals surface area (Å²) in [6.45, 7) is 3.12. The van der Waals surface area contributed by atoms with E-state index in [1.54, 1.807) is 26.0 Å². The molecular formula is C16H23N3O9S. The van der Waals surface area contributed by atoms with Crippen LogP contribution in [0.4, 0.5) is 0 Å². The van der Waals surface area contributed by atoms with Crippen molar-refractivity contribution >= 4 is 27.9 Å². The van der Waals surface area contributed by atoms with Crippen molar-refractivity contribution in [1.29, 1.82) is 0 Å². The highest BCUT2D eigenvalue weighted by atomic mass is 32.2. The van der Waals surface area contributed by atoms with Crippen molar-refractivity contribution in [2.75, 3.05) is 27.3 Å². The number of carbonyl (C=O) groups is 3. The van der Waals surface area contributed by atoms with Gasteiger partial charge in [0.15, 0.2) is 6.61 Å². The molecule has 1 aromatic carbocycles. The molecule has 162 valence electrons. The van der Waals surface area contributed by atoms with Crippen molar-refractivity contribution in [2.24, 2.45) is 0 Å². The first-order valence-electron chi connectivity index (χ1n) is 8.14. The number of methoxy groups -OCH3 is 1. The lowest BCUT2D eigenvalue weighted by molar-refractivity contribution is -0.317. The second-order valence-corrected chi connectivity index (χ2v) is 7.80. The third-order valence-electron chi connectivity index (χ3n) is 3.46. The van der Waals surface area contributed by atoms with Gasteiger partial charge in [-0.1, -0.05) is 10.6 Å². The predicted molar refractivity (Wildman–Crippen MR) is 97.4 cm³/mol. The highest BCUT2D eigenvalue weighted by molar-refractivity contribution is 7.89. The van der Waals surface area contributed by atoms with Crippen LogP contribution in [0.5, 0.6) is 5.75 Å². The Morgan fingerprint density at radius 3 is 2.24 bits per heavy atom. The minimum absolute atomic E-state index is 0.0669. The Kier molecular flexibility index (Phi) is 8.97. The number of nitrogens with zero attached hydrogens (tertiary/aromatic N) is 1. The lowest BCUT2D eigenvalue weighted by Gasteiger charge is -2.20. The summed E-state index contributed by atoms with van der Waals surface area (Å²) in [6.07, 6.45) is 0. The van der Waals surface area contributed by atoms with Crippen LogP contribution in [0, 0.1) is 13.8 Å². The number of carbonyl (C=O) groups excluding carboxylic acids is 3. The molecule has 0 heterocycles. The summed E-state index contributed by atoms with van der Waals surface area (Å²) >= 11 is 0. The van der Waals surface area contributed by atoms with Gasteiger partial charge in [-0.25, -0.2) is 13.2 Å². The van der Waals surface area contributed by atoms with Crippen molar-refractivity contribution in [3.63, 3.8) is 0 Å². The molecule has 0 radical (unpaired) electrons. The number of hydrogen-bond acceptors (Lipinski definition) is 10. The Labute approximate surface area is 167 Å². The molecular weight excluding hydrogens is 410 g/mol. The number of hydrogen-bond donors (Lipinski definition) is 2. The highest BCUT2D eigenvalue weighted by Gasteiger charge is 2.27. The van der Waals surface area contributed by atoms with E-state index in [0.717, 1.165) is 11.2 Å². The maximum atomic E-state index is 12.8. The molecule has 0 saturated carbocycles. The molecule has 0 unspecified atom stereocenters. The van der Waals surface area contributed by atoms with Crippen LogP contribution in [0.25, 0.3) is 0 Å². The number of esters is 1. The van der Waals surface area contributed by atoms with Crippen molar-refractivity contribution in [3.8, 4) is 5.75 Å². The van der Waals surface area contributed by atoms with E-state index < -0.39 is 41.0 Å². The first kappa shape index (κ1) is 24.3. The van der Waals surface area contributed by atoms with Crippen LogP contribution in [0.2, 0.25) is 0 Å². The smallest absolute Gasteiger partial charge is 0.381 e. The van der Waals surface area contributed by atoms with Gasteiger partial charge in [-0.2, -0.15) is 4.31 Å². The van der Waals surface area contributed by atoms with Gasteiger partial charge in [0.05, 0.1) is 18.6 Å². The molecule has 1 rings (SSSR count). The molecule has 0 aromatic heterocycles. The van der Waals surface area contributed by atoms with E-state index in [9.17, 15) is 22.8 Å². The molecule has 1 amide bonds. The van der Waals surface area contributed by atoms with Crippen molar-refractivity contribution in [3.05, 3.63) is 23.3 Å². The first-order valence-corrected chi connectivity index (χ1v) is 9.58. The van der Waals surface area contributed by atoms with E-state index in [4.69, 9.17) is 4.74 Å². The molecule has 0 bridgehead atoms. The normalized spacial score (nSPS) is 11.1. The summed E-state index contributed by atoms with van der Waals surface area (Å²) in [7, 11) is -1.26. The van der Waals surface area contributed by atoms with Gasteiger partial charge in [-0.05, 0) is 37.1 Å². The number of rotatable bonds is 10. The maximum absolute atomic E-state index is 12.8. The summed E-state index contributed by atoms with van der Waals surface area (Å²) in [4.78, 5) is 41.9. The number of aryl methyl sites for hydroxylation is 2. The van der Waals surface area contributed by atoms with Crippen LogP contribution < -0.4 is 15.8 Å². The zero-order chi connectivity index (χ0) is 22.2. The fraction of sp³-hybridized carbons (Fsp3) is 0.438. The molecule has 0 aliphatic heterocycles. The highest BCUT2D eigenvalue weighted by Crippen LogP contribution is 2.27. The van der Waals surface area contributed by atoms with Crippen molar-refractivity contribution in [1.82, 2.24) is 15.3 Å². The Morgan fingerprint density at radius 1 is 1.14 bits per heavy atom. The Balaban J connectivity index is 2.60. The van der Waals surface area contributed by atoms with E-state index in [2.05, 4.69) is 14.6 Å². The van der Waals surface area contributed by atoms with Crippen LogP contribution in [-0.2, 0) is 39.0 Å². The third-order valence-corrected chi connectivity index (χ3v) is 5.57. The number of hydrazine groups is 1. The number of benzene rings is 1. The van der Waals surface area contributed by atoms with Gasteiger partial charge in [0.1, 0.15) is 5.75 Å². The topological polar surface area (TPSA) is 150 Å². The molecule has 29 heavy (non-hydrogen) atoms. The summed E-state index contributed by atoms with van der Waals surface area (Å²) in [5.41, 5.74) is 4.74. The summed E-state index contributed by atoms with van der Waals surface area (Å²) in [5, 5.41) is 0. The molecule has 0 atom stereocenters. The number of likely N-dealkylation sites (N-methyl/N-ethyl adjacent to an activating group) is 1. The maximum Gasteiger partial charge on any atom is 0.381 e. The zero-order valence-corrected chi connectivity index (χ0v) is 17.4. The summed E-state index contributed by atoms with van der Waals surface area (Å²) < 4.78 is 35.9. The Hall–Kier alpha value is -2.74. The molecule has 0 spiro atoms. The largest absolute Gasteiger partial charge is 0.497 e. The monoisotopic (exact) mass is 433 g/mol. The summed E-state index contributed by atoms with van der Waals surface area (Å²) in [5.74, 6) is -2.00. The minimum atomic E-state index is -3.97. The molecule has 0 fully saturated rings. The number of amides is 1. The van der Waals surface area contributed by atoms with Gasteiger partial charge in [0.25, 0.3) is 5.91 Å². The van der Waals surface area contributed by atoms with Crippen LogP contribution >= 0.6 is 0 Å². The SMILES string of the molecule is COc1cc(C)c(S(=O)(=O)N(C)CC(=O)NNOOC(=O)COC(C)=O)c(C)c1. The van der Waals surface area contributed by atoms with E-state index in [0.29, 0.717) is 16.9 Å². The molecule has 0 aliphatic carbocycles. The summed E-state index contributed by atoms with van der Waals surface area (Å²) in [6, 6.07) is 3.15. The average Bonchev–Trinajstić information content (AvgIpc) is 2.62. The zero-order valence-electron chi connectivity index (χ0n) is 16.6. The lowest BCUT2D eigenvalue weighted by atomic mass is 10.1. The first-order chi connectivity index (χ1) is 13.5. The van der Waals surface area contributed by atoms with Crippen LogP contribution in [0.3, 0.4) is 0 Å². The quantitative estimate of drug-likeness (QED) is 0.214. The van der Waals surface area contributed by atoms with Crippen molar-refractivity contribution in [2.45, 2.75) is 25.7 Å². The van der Waals surface area contributed by atoms with Crippen molar-refractivity contribution < 1.29 is 42.2 Å². The predicted octanol–water partition coefficient (Wildman–Crippen LogP) is -0.494. The Morgan fingerprint density at radius 2 is 1.72 bits per heavy atom. The fourth-order valence-electron chi connectivity index (χ4n) is 2.25. The molecule has 12 nitrogen and oxygen atoms in total. The van der Waals surface area contributed by atoms with Gasteiger partial charge < -0.3 is 9.47 Å². The Bertz CT molecular complexity index is 847. The van der Waals surface area contributed by atoms with Crippen LogP contribution in [0.1, 0.15) is 18.1 Å². The van der Waals surface area contributed by atoms with Crippen LogP contribution in [0.15, 0.2) is 17.0 Å². The molecule has 13 heteroatoms. The number of nitrogens with one attached hydrogen (secondary N) is 2. The second kappa shape index (κ2) is 10.7. The molecule has 0 saturated heterocycles. The van der Waals surface area contributed by atoms with Crippen LogP contribution in [-0.4, -0.2) is 57.9 Å². The minimum Gasteiger partial charge on any atom is -0.497 e. The van der Waals surface area contributed by atoms with Gasteiger partial charge in [-0.3, -0.25) is 19.9 Å². The van der Waals surface area contributed by atoms with E-state index in [1.807, 2.05) is 11.0 Å². The van der Waals surface area contributed by atoms with Gasteiger partial charge >= 0.3 is 11.9 Å². The van der Waals surface area contributed by atoms with Gasteiger partial charge in [0.2, 0.25) is 10.0 Å². The molecule has 0 aliphatic rings. The third kappa shape index (κ3) is 7.30. The fourth-order valence-corrected chi connectivity index (χ4v) is 3.78. The molecule has 1 aromatic rings. The van der Waals surface area contributed by atoms with E-state index in [1.165, 1.54) is 14.2 Å². The van der Waals surface area contributed by atoms with E-state index in [-0.39, 0.29) is 4.90 Å². The second-order valence-electron chi connectivity index (χ2n) is 5.82. The standard InChI is InChI=1S/C16H23N3O9S/c1-10-6-13(25-5)7-11(2)16(10)29(23,24)19(4)8-14(21)17-18-28-27-15(22)9-26-12(3)20/h6-7,18H,8-9H2,1-5H3,(H,17,21). The van der Waals surface area contributed by atoms with Gasteiger partial charge in [-0.15, -0.1) is 0 Å². The lowest BCUT2D eigenvalue weighted by Crippen LogP contribution is -2.44.